The number of rotatable bonds is 0. The lowest BCUT2D eigenvalue weighted by atomic mass is 9.57. The predicted octanol–water partition coefficient (Wildman–Crippen LogP) is 2.46. The quantitative estimate of drug-likeness (QED) is 0.567. The molecule has 3 heteroatoms. The molecule has 2 nitrogen and oxygen atoms in total. The summed E-state index contributed by atoms with van der Waals surface area (Å²) in [6.45, 7) is 15.0. The average molecular weight is 208 g/mol. The highest BCUT2D eigenvalue weighted by Crippen LogP contribution is 2.55. The molecular formula is C12H23BNO. The highest BCUT2D eigenvalue weighted by Gasteiger charge is 2.63. The van der Waals surface area contributed by atoms with Gasteiger partial charge in [-0.15, -0.1) is 0 Å². The highest BCUT2D eigenvalue weighted by atomic mass is 16.5. The minimum absolute atomic E-state index is 0.0434. The van der Waals surface area contributed by atoms with Gasteiger partial charge in [-0.1, -0.05) is 41.5 Å². The minimum atomic E-state index is -0.0434. The Kier molecular flexibility index (Phi) is 2.30. The van der Waals surface area contributed by atoms with E-state index in [9.17, 15) is 0 Å². The molecule has 0 amide bonds. The minimum Gasteiger partial charge on any atom is -0.416 e. The Hall–Kier alpha value is -0.0151. The van der Waals surface area contributed by atoms with Gasteiger partial charge in [-0.25, -0.2) is 0 Å². The summed E-state index contributed by atoms with van der Waals surface area (Å²) in [5.41, 5.74) is 0.293. The van der Waals surface area contributed by atoms with Gasteiger partial charge in [0, 0.05) is 6.04 Å². The Bertz CT molecular complexity index is 250. The Balaban J connectivity index is 2.41. The smallest absolute Gasteiger partial charge is 0.399 e. The zero-order valence-electron chi connectivity index (χ0n) is 10.9. The SMILES string of the molecule is CC(C)(C)C1(C(C)(C)C)O[B]N2CCC21. The van der Waals surface area contributed by atoms with Crippen LogP contribution in [0.2, 0.25) is 0 Å². The standard InChI is InChI=1S/C12H23BNO/c1-10(2,3)12(11(4,5)6)9-7-8-14(9)13-15-12/h9H,7-8H2,1-6H3. The van der Waals surface area contributed by atoms with E-state index in [0.717, 1.165) is 0 Å². The van der Waals surface area contributed by atoms with E-state index in [1.165, 1.54) is 13.0 Å². The Morgan fingerprint density at radius 2 is 1.67 bits per heavy atom. The number of hydrogen-bond acceptors (Lipinski definition) is 2. The molecule has 2 rings (SSSR count). The zero-order valence-corrected chi connectivity index (χ0v) is 10.9. The van der Waals surface area contributed by atoms with Crippen LogP contribution in [0, 0.1) is 10.8 Å². The molecule has 0 aromatic heterocycles. The first-order chi connectivity index (χ1) is 6.70. The topological polar surface area (TPSA) is 12.5 Å². The van der Waals surface area contributed by atoms with Gasteiger partial charge in [-0.05, 0) is 23.8 Å². The third-order valence-corrected chi connectivity index (χ3v) is 4.13. The maximum atomic E-state index is 6.16. The van der Waals surface area contributed by atoms with Gasteiger partial charge in [0.05, 0.1) is 5.60 Å². The summed E-state index contributed by atoms with van der Waals surface area (Å²) >= 11 is 0. The van der Waals surface area contributed by atoms with Crippen LogP contribution in [0.25, 0.3) is 0 Å². The fourth-order valence-electron chi connectivity index (χ4n) is 3.68. The van der Waals surface area contributed by atoms with Gasteiger partial charge < -0.3 is 9.47 Å². The second-order valence-corrected chi connectivity index (χ2v) is 7.00. The van der Waals surface area contributed by atoms with Gasteiger partial charge in [0.15, 0.2) is 0 Å². The Labute approximate surface area is 94.7 Å². The largest absolute Gasteiger partial charge is 0.416 e. The van der Waals surface area contributed by atoms with Crippen LogP contribution in [0.4, 0.5) is 0 Å². The summed E-state index contributed by atoms with van der Waals surface area (Å²) in [5.74, 6) is 0. The van der Waals surface area contributed by atoms with E-state index in [2.05, 4.69) is 46.4 Å². The molecule has 2 fully saturated rings. The van der Waals surface area contributed by atoms with E-state index >= 15 is 0 Å². The normalized spacial score (nSPS) is 30.7. The van der Waals surface area contributed by atoms with E-state index in [1.807, 2.05) is 7.62 Å². The van der Waals surface area contributed by atoms with Crippen molar-refractivity contribution >= 4 is 7.62 Å². The van der Waals surface area contributed by atoms with Crippen molar-refractivity contribution in [1.29, 1.82) is 0 Å². The maximum absolute atomic E-state index is 6.16. The molecule has 0 spiro atoms. The molecule has 15 heavy (non-hydrogen) atoms. The van der Waals surface area contributed by atoms with E-state index < -0.39 is 0 Å². The van der Waals surface area contributed by atoms with Gasteiger partial charge in [0.1, 0.15) is 0 Å². The molecule has 1 unspecified atom stereocenters. The van der Waals surface area contributed by atoms with E-state index in [1.54, 1.807) is 0 Å². The van der Waals surface area contributed by atoms with Crippen molar-refractivity contribution in [2.45, 2.75) is 59.6 Å². The van der Waals surface area contributed by atoms with Crippen LogP contribution < -0.4 is 0 Å². The molecule has 2 saturated heterocycles. The zero-order chi connectivity index (χ0) is 11.5. The second kappa shape index (κ2) is 3.01. The lowest BCUT2D eigenvalue weighted by Crippen LogP contribution is -2.65. The fourth-order valence-corrected chi connectivity index (χ4v) is 3.68. The van der Waals surface area contributed by atoms with Gasteiger partial charge in [-0.2, -0.15) is 0 Å². The molecule has 0 aromatic rings. The predicted molar refractivity (Wildman–Crippen MR) is 63.6 cm³/mol. The molecule has 2 heterocycles. The first kappa shape index (κ1) is 11.5. The summed E-state index contributed by atoms with van der Waals surface area (Å²) in [6, 6.07) is 0.581. The van der Waals surface area contributed by atoms with Crippen LogP contribution in [0.5, 0.6) is 0 Å². The van der Waals surface area contributed by atoms with Crippen LogP contribution in [-0.2, 0) is 4.65 Å². The first-order valence-corrected chi connectivity index (χ1v) is 5.97. The molecule has 0 aromatic carbocycles. The van der Waals surface area contributed by atoms with E-state index in [-0.39, 0.29) is 16.4 Å². The van der Waals surface area contributed by atoms with Gasteiger partial charge in [-0.3, -0.25) is 0 Å². The van der Waals surface area contributed by atoms with Gasteiger partial charge >= 0.3 is 7.62 Å². The summed E-state index contributed by atoms with van der Waals surface area (Å²) in [6.07, 6.45) is 1.27. The first-order valence-electron chi connectivity index (χ1n) is 5.97. The molecule has 0 N–H and O–H groups in total. The van der Waals surface area contributed by atoms with Crippen molar-refractivity contribution in [3.05, 3.63) is 0 Å². The molecule has 2 aliphatic rings. The van der Waals surface area contributed by atoms with Crippen molar-refractivity contribution in [2.24, 2.45) is 10.8 Å². The average Bonchev–Trinajstić information content (AvgIpc) is 2.20. The van der Waals surface area contributed by atoms with Crippen LogP contribution in [0.15, 0.2) is 0 Å². The summed E-state index contributed by atoms with van der Waals surface area (Å²) in [5, 5.41) is 0. The van der Waals surface area contributed by atoms with Crippen molar-refractivity contribution in [3.8, 4) is 0 Å². The summed E-state index contributed by atoms with van der Waals surface area (Å²) in [4.78, 5) is 2.36. The van der Waals surface area contributed by atoms with Crippen molar-refractivity contribution < 1.29 is 4.65 Å². The van der Waals surface area contributed by atoms with Gasteiger partial charge in [0.25, 0.3) is 0 Å². The van der Waals surface area contributed by atoms with Crippen LogP contribution in [0.3, 0.4) is 0 Å². The second-order valence-electron chi connectivity index (χ2n) is 7.00. The highest BCUT2D eigenvalue weighted by molar-refractivity contribution is 6.25. The number of nitrogens with zero attached hydrogens (tertiary/aromatic N) is 1. The van der Waals surface area contributed by atoms with Crippen LogP contribution in [0.1, 0.15) is 48.0 Å². The molecule has 0 bridgehead atoms. The lowest BCUT2D eigenvalue weighted by Gasteiger charge is -2.57. The molecular weight excluding hydrogens is 185 g/mol. The summed E-state index contributed by atoms with van der Waals surface area (Å²) < 4.78 is 6.16. The van der Waals surface area contributed by atoms with Gasteiger partial charge in [0.2, 0.25) is 0 Å². The molecule has 1 atom stereocenters. The molecule has 0 saturated carbocycles. The molecule has 2 aliphatic heterocycles. The number of fused-ring (bicyclic) bond motifs is 1. The van der Waals surface area contributed by atoms with Crippen molar-refractivity contribution in [3.63, 3.8) is 0 Å². The van der Waals surface area contributed by atoms with E-state index in [4.69, 9.17) is 4.65 Å². The van der Waals surface area contributed by atoms with Crippen LogP contribution in [-0.4, -0.2) is 30.6 Å². The maximum Gasteiger partial charge on any atom is 0.399 e. The Morgan fingerprint density at radius 1 is 1.13 bits per heavy atom. The monoisotopic (exact) mass is 208 g/mol. The molecule has 1 radical (unpaired) electrons. The van der Waals surface area contributed by atoms with E-state index in [0.29, 0.717) is 6.04 Å². The third kappa shape index (κ3) is 1.32. The molecule has 0 aliphatic carbocycles. The molecule has 85 valence electrons. The lowest BCUT2D eigenvalue weighted by molar-refractivity contribution is -0.137. The Morgan fingerprint density at radius 3 is 1.87 bits per heavy atom. The van der Waals surface area contributed by atoms with Crippen molar-refractivity contribution in [1.82, 2.24) is 4.81 Å². The van der Waals surface area contributed by atoms with Crippen molar-refractivity contribution in [2.75, 3.05) is 6.54 Å². The summed E-state index contributed by atoms with van der Waals surface area (Å²) in [7, 11) is 1.96. The fraction of sp³-hybridized carbons (Fsp3) is 1.00. The third-order valence-electron chi connectivity index (χ3n) is 4.13. The number of hydrogen-bond donors (Lipinski definition) is 0. The van der Waals surface area contributed by atoms with Crippen LogP contribution >= 0.6 is 0 Å².